The zero-order chi connectivity index (χ0) is 18.6. The molecular formula is C22H18N4S. The average Bonchev–Trinajstić information content (AvgIpc) is 3.13. The number of nitrogens with one attached hydrogen (secondary N) is 1. The van der Waals surface area contributed by atoms with E-state index in [1.54, 1.807) is 24.5 Å². The minimum atomic E-state index is 0.222. The third-order valence-electron chi connectivity index (χ3n) is 4.23. The molecule has 0 amide bonds. The molecule has 0 bridgehead atoms. The zero-order valence-electron chi connectivity index (χ0n) is 14.8. The summed E-state index contributed by atoms with van der Waals surface area (Å²) in [4.78, 5) is 9.39. The lowest BCUT2D eigenvalue weighted by molar-refractivity contribution is 1.01. The number of hydrogen-bond acceptors (Lipinski definition) is 3. The molecule has 4 nitrogen and oxygen atoms in total. The third-order valence-corrected chi connectivity index (χ3v) is 5.06. The molecule has 4 aromatic rings. The molecule has 1 N–H and O–H groups in total. The fourth-order valence-electron chi connectivity index (χ4n) is 2.81. The van der Waals surface area contributed by atoms with Crippen molar-refractivity contribution in [3.63, 3.8) is 0 Å². The van der Waals surface area contributed by atoms with Gasteiger partial charge >= 0.3 is 0 Å². The highest BCUT2D eigenvalue weighted by Gasteiger charge is 2.11. The maximum Gasteiger partial charge on any atom is 0.196 e. The number of thiazole rings is 1. The molecule has 2 aromatic heterocycles. The minimum absolute atomic E-state index is 0.222. The third kappa shape index (κ3) is 3.64. The number of amidine groups is 1. The number of benzene rings is 2. The molecular weight excluding hydrogens is 352 g/mol. The second-order valence-corrected chi connectivity index (χ2v) is 6.97. The summed E-state index contributed by atoms with van der Waals surface area (Å²) in [5.74, 6) is 0.222. The lowest BCUT2D eigenvalue weighted by Crippen LogP contribution is -2.16. The Balaban J connectivity index is 1.90. The van der Waals surface area contributed by atoms with Crippen LogP contribution >= 0.6 is 11.3 Å². The number of pyridine rings is 1. The molecule has 0 spiro atoms. The predicted octanol–water partition coefficient (Wildman–Crippen LogP) is 4.84. The van der Waals surface area contributed by atoms with E-state index in [0.717, 1.165) is 27.3 Å². The van der Waals surface area contributed by atoms with Crippen LogP contribution in [0.1, 0.15) is 11.1 Å². The van der Waals surface area contributed by atoms with Gasteiger partial charge in [-0.05, 0) is 36.8 Å². The van der Waals surface area contributed by atoms with Gasteiger partial charge < -0.3 is 0 Å². The minimum Gasteiger partial charge on any atom is -0.285 e. The van der Waals surface area contributed by atoms with Crippen molar-refractivity contribution < 1.29 is 0 Å². The molecule has 0 aliphatic rings. The standard InChI is InChI=1S/C22H18N4S/c1-16-7-9-19(10-8-16)26-20(17-5-3-2-4-6-17)15-27-22(26)25-21(23)18-11-13-24-14-12-18/h2-15,23H,1H3. The lowest BCUT2D eigenvalue weighted by Gasteiger charge is -2.10. The first-order valence-corrected chi connectivity index (χ1v) is 9.47. The van der Waals surface area contributed by atoms with Crippen molar-refractivity contribution in [2.24, 2.45) is 4.99 Å². The summed E-state index contributed by atoms with van der Waals surface area (Å²) in [7, 11) is 0. The van der Waals surface area contributed by atoms with Crippen LogP contribution in [-0.4, -0.2) is 15.4 Å². The highest BCUT2D eigenvalue weighted by atomic mass is 32.1. The maximum atomic E-state index is 8.37. The van der Waals surface area contributed by atoms with Crippen LogP contribution in [0.15, 0.2) is 89.5 Å². The molecule has 0 saturated carbocycles. The molecule has 27 heavy (non-hydrogen) atoms. The van der Waals surface area contributed by atoms with Gasteiger partial charge in [-0.2, -0.15) is 0 Å². The van der Waals surface area contributed by atoms with Gasteiger partial charge in [0.15, 0.2) is 10.6 Å². The first-order chi connectivity index (χ1) is 13.2. The SMILES string of the molecule is Cc1ccc(-n2c(-c3ccccc3)csc2=NC(=N)c2ccncc2)cc1. The van der Waals surface area contributed by atoms with Gasteiger partial charge in [0.2, 0.25) is 0 Å². The smallest absolute Gasteiger partial charge is 0.196 e. The van der Waals surface area contributed by atoms with Crippen LogP contribution in [0.3, 0.4) is 0 Å². The van der Waals surface area contributed by atoms with Crippen molar-refractivity contribution in [3.05, 3.63) is 100 Å². The van der Waals surface area contributed by atoms with E-state index in [1.165, 1.54) is 16.9 Å². The molecule has 5 heteroatoms. The van der Waals surface area contributed by atoms with E-state index in [9.17, 15) is 0 Å². The van der Waals surface area contributed by atoms with Gasteiger partial charge in [-0.15, -0.1) is 11.3 Å². The number of rotatable bonds is 3. The molecule has 2 aromatic carbocycles. The Morgan fingerprint density at radius 1 is 0.963 bits per heavy atom. The van der Waals surface area contributed by atoms with E-state index in [2.05, 4.69) is 63.2 Å². The fourth-order valence-corrected chi connectivity index (χ4v) is 3.72. The molecule has 0 radical (unpaired) electrons. The summed E-state index contributed by atoms with van der Waals surface area (Å²) in [6, 6.07) is 22.2. The Morgan fingerprint density at radius 3 is 2.37 bits per heavy atom. The molecule has 0 saturated heterocycles. The Morgan fingerprint density at radius 2 is 1.67 bits per heavy atom. The second kappa shape index (κ2) is 7.51. The Bertz CT molecular complexity index is 1120. The first kappa shape index (κ1) is 17.1. The van der Waals surface area contributed by atoms with E-state index < -0.39 is 0 Å². The van der Waals surface area contributed by atoms with E-state index in [-0.39, 0.29) is 5.84 Å². The Kier molecular flexibility index (Phi) is 4.77. The van der Waals surface area contributed by atoms with Crippen molar-refractivity contribution in [3.8, 4) is 16.9 Å². The molecule has 0 fully saturated rings. The number of nitrogens with zero attached hydrogens (tertiary/aromatic N) is 3. The van der Waals surface area contributed by atoms with Crippen molar-refractivity contribution in [2.45, 2.75) is 6.92 Å². The normalized spacial score (nSPS) is 11.5. The monoisotopic (exact) mass is 370 g/mol. The summed E-state index contributed by atoms with van der Waals surface area (Å²) < 4.78 is 2.11. The van der Waals surface area contributed by atoms with Gasteiger partial charge in [0.05, 0.1) is 5.69 Å². The fraction of sp³-hybridized carbons (Fsp3) is 0.0455. The van der Waals surface area contributed by atoms with Crippen LogP contribution in [0.25, 0.3) is 16.9 Å². The largest absolute Gasteiger partial charge is 0.285 e. The summed E-state index contributed by atoms with van der Waals surface area (Å²) in [6.45, 7) is 2.07. The Labute approximate surface area is 161 Å². The highest BCUT2D eigenvalue weighted by molar-refractivity contribution is 7.07. The number of aryl methyl sites for hydroxylation is 1. The van der Waals surface area contributed by atoms with Crippen LogP contribution in [0.2, 0.25) is 0 Å². The van der Waals surface area contributed by atoms with Gasteiger partial charge in [-0.1, -0.05) is 48.0 Å². The average molecular weight is 370 g/mol. The van der Waals surface area contributed by atoms with E-state index >= 15 is 0 Å². The Hall–Kier alpha value is -3.31. The van der Waals surface area contributed by atoms with Crippen molar-refractivity contribution >= 4 is 17.2 Å². The second-order valence-electron chi connectivity index (χ2n) is 6.14. The summed E-state index contributed by atoms with van der Waals surface area (Å²) in [5, 5.41) is 10.5. The molecule has 0 atom stereocenters. The van der Waals surface area contributed by atoms with Gasteiger partial charge in [0.25, 0.3) is 0 Å². The van der Waals surface area contributed by atoms with Gasteiger partial charge in [0, 0.05) is 29.0 Å². The summed E-state index contributed by atoms with van der Waals surface area (Å²) in [6.07, 6.45) is 3.36. The van der Waals surface area contributed by atoms with E-state index in [0.29, 0.717) is 0 Å². The lowest BCUT2D eigenvalue weighted by atomic mass is 10.1. The van der Waals surface area contributed by atoms with Crippen LogP contribution in [0.4, 0.5) is 0 Å². The van der Waals surface area contributed by atoms with Crippen LogP contribution in [0.5, 0.6) is 0 Å². The molecule has 132 valence electrons. The zero-order valence-corrected chi connectivity index (χ0v) is 15.6. The van der Waals surface area contributed by atoms with E-state index in [1.807, 2.05) is 18.2 Å². The van der Waals surface area contributed by atoms with E-state index in [4.69, 9.17) is 5.41 Å². The van der Waals surface area contributed by atoms with Crippen LogP contribution in [-0.2, 0) is 0 Å². The molecule has 0 unspecified atom stereocenters. The highest BCUT2D eigenvalue weighted by Crippen LogP contribution is 2.23. The number of hydrogen-bond donors (Lipinski definition) is 1. The molecule has 0 aliphatic carbocycles. The van der Waals surface area contributed by atoms with Gasteiger partial charge in [-0.3, -0.25) is 15.0 Å². The van der Waals surface area contributed by atoms with Crippen LogP contribution < -0.4 is 4.80 Å². The molecule has 0 aliphatic heterocycles. The van der Waals surface area contributed by atoms with Crippen molar-refractivity contribution in [1.82, 2.24) is 9.55 Å². The van der Waals surface area contributed by atoms with Gasteiger partial charge in [-0.25, -0.2) is 4.99 Å². The van der Waals surface area contributed by atoms with Crippen LogP contribution in [0, 0.1) is 12.3 Å². The predicted molar refractivity (Wildman–Crippen MR) is 110 cm³/mol. The summed E-state index contributed by atoms with van der Waals surface area (Å²) in [5.41, 5.74) is 5.16. The first-order valence-electron chi connectivity index (χ1n) is 8.59. The quantitative estimate of drug-likeness (QED) is 0.407. The molecule has 4 rings (SSSR count). The van der Waals surface area contributed by atoms with Crippen molar-refractivity contribution in [2.75, 3.05) is 0 Å². The maximum absolute atomic E-state index is 8.37. The summed E-state index contributed by atoms with van der Waals surface area (Å²) >= 11 is 1.53. The molecule has 2 heterocycles. The van der Waals surface area contributed by atoms with Crippen molar-refractivity contribution in [1.29, 1.82) is 5.41 Å². The van der Waals surface area contributed by atoms with Gasteiger partial charge in [0.1, 0.15) is 0 Å². The topological polar surface area (TPSA) is 54.0 Å². The number of aromatic nitrogens is 2.